The Hall–Kier alpha value is -1.30. The predicted molar refractivity (Wildman–Crippen MR) is 73.7 cm³/mol. The molecule has 1 rings (SSSR count). The number of ether oxygens (including phenoxy) is 3. The monoisotopic (exact) mass is 269 g/mol. The van der Waals surface area contributed by atoms with Gasteiger partial charge in [0.05, 0.1) is 26.4 Å². The number of methoxy groups -OCH3 is 2. The first-order chi connectivity index (χ1) is 9.15. The lowest BCUT2D eigenvalue weighted by Gasteiger charge is -2.23. The summed E-state index contributed by atoms with van der Waals surface area (Å²) in [6.45, 7) is 2.21. The lowest BCUT2D eigenvalue weighted by atomic mass is 10.1. The summed E-state index contributed by atoms with van der Waals surface area (Å²) in [5, 5.41) is 9.35. The summed E-state index contributed by atoms with van der Waals surface area (Å²) in [5.74, 6) is 1.22. The van der Waals surface area contributed by atoms with Gasteiger partial charge in [-0.3, -0.25) is 0 Å². The molecule has 5 heteroatoms. The van der Waals surface area contributed by atoms with E-state index in [-0.39, 0.29) is 6.61 Å². The zero-order valence-corrected chi connectivity index (χ0v) is 11.8. The van der Waals surface area contributed by atoms with Crippen molar-refractivity contribution < 1.29 is 19.3 Å². The van der Waals surface area contributed by atoms with Crippen LogP contribution in [0.5, 0.6) is 11.5 Å². The third-order valence-electron chi connectivity index (χ3n) is 2.93. The molecule has 0 heterocycles. The molecule has 1 aromatic rings. The normalized spacial score (nSPS) is 13.9. The summed E-state index contributed by atoms with van der Waals surface area (Å²) in [7, 11) is 3.15. The first-order valence-corrected chi connectivity index (χ1v) is 6.35. The van der Waals surface area contributed by atoms with Crippen molar-refractivity contribution in [2.75, 3.05) is 27.4 Å². The summed E-state index contributed by atoms with van der Waals surface area (Å²) in [6, 6.07) is 5.32. The molecule has 0 saturated carbocycles. The van der Waals surface area contributed by atoms with Crippen LogP contribution in [-0.4, -0.2) is 44.7 Å². The van der Waals surface area contributed by atoms with Crippen molar-refractivity contribution in [3.63, 3.8) is 0 Å². The Labute approximate surface area is 114 Å². The summed E-state index contributed by atoms with van der Waals surface area (Å²) in [5.41, 5.74) is 7.04. The first kappa shape index (κ1) is 15.8. The van der Waals surface area contributed by atoms with Crippen LogP contribution in [0.1, 0.15) is 12.5 Å². The zero-order valence-electron chi connectivity index (χ0n) is 11.8. The van der Waals surface area contributed by atoms with Crippen molar-refractivity contribution in [1.82, 2.24) is 0 Å². The van der Waals surface area contributed by atoms with Gasteiger partial charge in [0.15, 0.2) is 11.5 Å². The van der Waals surface area contributed by atoms with Crippen LogP contribution in [0, 0.1) is 0 Å². The Bertz CT molecular complexity index is 384. The number of nitrogens with two attached hydrogens (primary N) is 1. The maximum Gasteiger partial charge on any atom is 0.161 e. The molecule has 0 aliphatic carbocycles. The van der Waals surface area contributed by atoms with Gasteiger partial charge in [-0.15, -0.1) is 0 Å². The van der Waals surface area contributed by atoms with Crippen molar-refractivity contribution in [2.24, 2.45) is 5.73 Å². The fourth-order valence-corrected chi connectivity index (χ4v) is 1.75. The highest BCUT2D eigenvalue weighted by atomic mass is 16.5. The van der Waals surface area contributed by atoms with Gasteiger partial charge in [0.2, 0.25) is 0 Å². The van der Waals surface area contributed by atoms with E-state index in [0.717, 1.165) is 12.0 Å². The summed E-state index contributed by atoms with van der Waals surface area (Å²) >= 11 is 0. The van der Waals surface area contributed by atoms with E-state index in [0.29, 0.717) is 18.1 Å². The highest BCUT2D eigenvalue weighted by molar-refractivity contribution is 5.43. The Morgan fingerprint density at radius 2 is 2.00 bits per heavy atom. The maximum absolute atomic E-state index is 9.35. The Balaban J connectivity index is 2.84. The highest BCUT2D eigenvalue weighted by Gasteiger charge is 2.20. The molecule has 0 spiro atoms. The standard InChI is InChI=1S/C14H23NO4/c1-4-10-5-6-12(13(7-10)18-3)19-14(8-16)11(15)9-17-2/h5-7,11,14,16H,4,8-9,15H2,1-3H3. The van der Waals surface area contributed by atoms with Crippen LogP contribution in [0.25, 0.3) is 0 Å². The third kappa shape index (κ3) is 4.38. The molecule has 0 aliphatic heterocycles. The number of hydrogen-bond donors (Lipinski definition) is 2. The zero-order chi connectivity index (χ0) is 14.3. The fourth-order valence-electron chi connectivity index (χ4n) is 1.75. The topological polar surface area (TPSA) is 73.9 Å². The van der Waals surface area contributed by atoms with Crippen LogP contribution in [0.4, 0.5) is 0 Å². The molecule has 0 bridgehead atoms. The SMILES string of the molecule is CCc1ccc(OC(CO)C(N)COC)c(OC)c1. The van der Waals surface area contributed by atoms with Gasteiger partial charge in [-0.25, -0.2) is 0 Å². The van der Waals surface area contributed by atoms with Crippen LogP contribution >= 0.6 is 0 Å². The molecule has 0 amide bonds. The summed E-state index contributed by atoms with van der Waals surface area (Å²) in [6.07, 6.45) is 0.393. The minimum absolute atomic E-state index is 0.177. The molecule has 108 valence electrons. The number of hydrogen-bond acceptors (Lipinski definition) is 5. The second-order valence-corrected chi connectivity index (χ2v) is 4.30. The Morgan fingerprint density at radius 1 is 1.26 bits per heavy atom. The predicted octanol–water partition coefficient (Wildman–Crippen LogP) is 0.971. The molecule has 0 fully saturated rings. The molecular weight excluding hydrogens is 246 g/mol. The Morgan fingerprint density at radius 3 is 2.53 bits per heavy atom. The second-order valence-electron chi connectivity index (χ2n) is 4.30. The van der Waals surface area contributed by atoms with Gasteiger partial charge in [0, 0.05) is 7.11 Å². The van der Waals surface area contributed by atoms with Crippen molar-refractivity contribution in [2.45, 2.75) is 25.5 Å². The van der Waals surface area contributed by atoms with Crippen molar-refractivity contribution in [3.8, 4) is 11.5 Å². The van der Waals surface area contributed by atoms with Crippen LogP contribution in [0.3, 0.4) is 0 Å². The van der Waals surface area contributed by atoms with E-state index in [1.807, 2.05) is 18.2 Å². The minimum Gasteiger partial charge on any atom is -0.493 e. The molecule has 1 aromatic carbocycles. The van der Waals surface area contributed by atoms with Gasteiger partial charge >= 0.3 is 0 Å². The molecule has 0 radical (unpaired) electrons. The number of benzene rings is 1. The van der Waals surface area contributed by atoms with Gasteiger partial charge in [0.25, 0.3) is 0 Å². The van der Waals surface area contributed by atoms with E-state index in [2.05, 4.69) is 6.92 Å². The van der Waals surface area contributed by atoms with Gasteiger partial charge < -0.3 is 25.1 Å². The molecule has 2 unspecified atom stereocenters. The van der Waals surface area contributed by atoms with E-state index in [1.54, 1.807) is 14.2 Å². The first-order valence-electron chi connectivity index (χ1n) is 6.35. The lowest BCUT2D eigenvalue weighted by molar-refractivity contribution is 0.0587. The lowest BCUT2D eigenvalue weighted by Crippen LogP contribution is -2.44. The minimum atomic E-state index is -0.527. The van der Waals surface area contributed by atoms with Crippen molar-refractivity contribution >= 4 is 0 Å². The van der Waals surface area contributed by atoms with E-state index in [9.17, 15) is 5.11 Å². The smallest absolute Gasteiger partial charge is 0.161 e. The van der Waals surface area contributed by atoms with Crippen LogP contribution < -0.4 is 15.2 Å². The second kappa shape index (κ2) is 7.99. The van der Waals surface area contributed by atoms with Gasteiger partial charge in [-0.1, -0.05) is 13.0 Å². The van der Waals surface area contributed by atoms with Gasteiger partial charge in [0.1, 0.15) is 6.10 Å². The van der Waals surface area contributed by atoms with Gasteiger partial charge in [-0.2, -0.15) is 0 Å². The molecule has 0 saturated heterocycles. The number of aliphatic hydroxyl groups is 1. The van der Waals surface area contributed by atoms with E-state index < -0.39 is 12.1 Å². The number of rotatable bonds is 8. The van der Waals surface area contributed by atoms with E-state index >= 15 is 0 Å². The number of aryl methyl sites for hydroxylation is 1. The molecule has 3 N–H and O–H groups in total. The summed E-state index contributed by atoms with van der Waals surface area (Å²) in [4.78, 5) is 0. The van der Waals surface area contributed by atoms with Crippen molar-refractivity contribution in [1.29, 1.82) is 0 Å². The maximum atomic E-state index is 9.35. The average Bonchev–Trinajstić information content (AvgIpc) is 2.44. The third-order valence-corrected chi connectivity index (χ3v) is 2.93. The molecular formula is C14H23NO4. The van der Waals surface area contributed by atoms with Gasteiger partial charge in [-0.05, 0) is 24.1 Å². The highest BCUT2D eigenvalue weighted by Crippen LogP contribution is 2.29. The van der Waals surface area contributed by atoms with E-state index in [4.69, 9.17) is 19.9 Å². The molecule has 0 aliphatic rings. The fraction of sp³-hybridized carbons (Fsp3) is 0.571. The molecule has 0 aromatic heterocycles. The summed E-state index contributed by atoms with van der Waals surface area (Å²) < 4.78 is 16.0. The van der Waals surface area contributed by atoms with Crippen LogP contribution in [-0.2, 0) is 11.2 Å². The van der Waals surface area contributed by atoms with Crippen LogP contribution in [0.15, 0.2) is 18.2 Å². The number of aliphatic hydroxyl groups excluding tert-OH is 1. The van der Waals surface area contributed by atoms with Crippen molar-refractivity contribution in [3.05, 3.63) is 23.8 Å². The molecule has 5 nitrogen and oxygen atoms in total. The Kier molecular flexibility index (Phi) is 6.62. The molecule has 2 atom stereocenters. The quantitative estimate of drug-likeness (QED) is 0.735. The molecule has 19 heavy (non-hydrogen) atoms. The van der Waals surface area contributed by atoms with Crippen LogP contribution in [0.2, 0.25) is 0 Å². The largest absolute Gasteiger partial charge is 0.493 e. The van der Waals surface area contributed by atoms with E-state index in [1.165, 1.54) is 0 Å². The average molecular weight is 269 g/mol.